The summed E-state index contributed by atoms with van der Waals surface area (Å²) in [7, 11) is 1.89. The van der Waals surface area contributed by atoms with Gasteiger partial charge in [0.15, 0.2) is 10.8 Å². The molecule has 7 aromatic rings. The first kappa shape index (κ1) is 47.7. The Hall–Kier alpha value is -7.66. The van der Waals surface area contributed by atoms with Crippen molar-refractivity contribution >= 4 is 78.7 Å². The minimum absolute atomic E-state index is 0.00700. The second kappa shape index (κ2) is 20.1. The Morgan fingerprint density at radius 1 is 0.822 bits per heavy atom. The van der Waals surface area contributed by atoms with Gasteiger partial charge in [-0.15, -0.1) is 0 Å². The Kier molecular flexibility index (Phi) is 13.1. The zero-order valence-corrected chi connectivity index (χ0v) is 41.8. The van der Waals surface area contributed by atoms with Crippen LogP contribution in [-0.4, -0.2) is 98.2 Å². The number of piperidine rings is 1. The molecule has 17 heteroatoms. The number of benzene rings is 4. The molecular weight excluding hydrogens is 943 g/mol. The third-order valence-electron chi connectivity index (χ3n) is 15.3. The highest BCUT2D eigenvalue weighted by Gasteiger charge is 2.34. The molecule has 1 aliphatic carbocycles. The molecule has 1 unspecified atom stereocenters. The van der Waals surface area contributed by atoms with Gasteiger partial charge >= 0.3 is 5.97 Å². The number of aromatic carboxylic acids is 1. The lowest BCUT2D eigenvalue weighted by Crippen LogP contribution is -2.49. The van der Waals surface area contributed by atoms with Gasteiger partial charge in [-0.05, 0) is 123 Å². The molecule has 16 nitrogen and oxygen atoms in total. The number of fused-ring (bicyclic) bond motifs is 3. The molecule has 3 aromatic heterocycles. The number of thiazole rings is 1. The van der Waals surface area contributed by atoms with Crippen LogP contribution in [0, 0.1) is 12.8 Å². The van der Waals surface area contributed by atoms with Crippen molar-refractivity contribution in [3.8, 4) is 16.9 Å². The molecule has 3 aliphatic heterocycles. The predicted molar refractivity (Wildman–Crippen MR) is 280 cm³/mol. The van der Waals surface area contributed by atoms with Crippen LogP contribution in [-0.2, 0) is 34.4 Å². The lowest BCUT2D eigenvalue weighted by molar-refractivity contribution is -0.134. The minimum atomic E-state index is -1.13. The highest BCUT2D eigenvalue weighted by Crippen LogP contribution is 2.39. The van der Waals surface area contributed by atoms with E-state index in [1.165, 1.54) is 11.3 Å². The molecule has 4 amide bonds. The van der Waals surface area contributed by atoms with E-state index in [0.717, 1.165) is 81.2 Å². The number of amides is 4. The first-order chi connectivity index (χ1) is 35.4. The normalized spacial score (nSPS) is 19.2. The molecule has 73 heavy (non-hydrogen) atoms. The van der Waals surface area contributed by atoms with Gasteiger partial charge in [-0.25, -0.2) is 14.8 Å². The number of hydrogen-bond acceptors (Lipinski definition) is 12. The molecule has 0 spiro atoms. The van der Waals surface area contributed by atoms with Crippen LogP contribution in [0.2, 0.25) is 0 Å². The second-order valence-electron chi connectivity index (χ2n) is 19.7. The molecule has 1 saturated carbocycles. The standard InChI is InChI=1S/C56H57N9O7S/c1-33-37(38-21-23-47(58-51(38)55(70)71)65-27-26-35-8-5-10-39(42(35)32-65)53(68)60-56-57-43-12-3-4-15-46(43)73-56)9-7-14-45(33)72-36-19-16-34(17-20-36)18-25-49(67)64-30-28-63(29-31-64)44-13-6-11-40-50(61-62(2)52(40)44)41-22-24-48(66)59-54(41)69/h3-15,21,23,34,36,41H,16-20,22,24-32H2,1-2H3,(H,70,71)(H,57,60,68)(H,59,66,69). The first-order valence-corrected chi connectivity index (χ1v) is 26.1. The summed E-state index contributed by atoms with van der Waals surface area (Å²) < 4.78 is 9.47. The lowest BCUT2D eigenvalue weighted by atomic mass is 9.84. The number of aryl methyl sites for hydroxylation is 1. The molecule has 3 fully saturated rings. The number of nitrogens with one attached hydrogen (secondary N) is 2. The van der Waals surface area contributed by atoms with Gasteiger partial charge < -0.3 is 24.5 Å². The highest BCUT2D eigenvalue weighted by molar-refractivity contribution is 7.22. The molecule has 4 aliphatic rings. The largest absolute Gasteiger partial charge is 0.490 e. The number of para-hydroxylation sites is 2. The Morgan fingerprint density at radius 3 is 2.41 bits per heavy atom. The summed E-state index contributed by atoms with van der Waals surface area (Å²) in [5.41, 5.74) is 8.05. The Bertz CT molecular complexity index is 3280. The van der Waals surface area contributed by atoms with E-state index in [9.17, 15) is 29.1 Å². The molecule has 0 radical (unpaired) electrons. The number of imide groups is 1. The Balaban J connectivity index is 0.681. The molecule has 11 rings (SSSR count). The van der Waals surface area contributed by atoms with E-state index in [4.69, 9.17) is 14.8 Å². The average Bonchev–Trinajstić information content (AvgIpc) is 3.98. The van der Waals surface area contributed by atoms with E-state index in [-0.39, 0.29) is 35.4 Å². The number of carboxylic acids is 1. The third kappa shape index (κ3) is 9.61. The summed E-state index contributed by atoms with van der Waals surface area (Å²) in [6.45, 7) is 5.61. The van der Waals surface area contributed by atoms with E-state index in [1.54, 1.807) is 0 Å². The van der Waals surface area contributed by atoms with Gasteiger partial charge in [-0.3, -0.25) is 34.5 Å². The monoisotopic (exact) mass is 999 g/mol. The Morgan fingerprint density at radius 2 is 1.62 bits per heavy atom. The third-order valence-corrected chi connectivity index (χ3v) is 16.2. The second-order valence-corrected chi connectivity index (χ2v) is 20.7. The van der Waals surface area contributed by atoms with Crippen molar-refractivity contribution in [1.29, 1.82) is 0 Å². The number of carbonyl (C=O) groups is 5. The van der Waals surface area contributed by atoms with Crippen LogP contribution in [0.5, 0.6) is 5.75 Å². The van der Waals surface area contributed by atoms with E-state index in [1.807, 2.05) is 113 Å². The summed E-state index contributed by atoms with van der Waals surface area (Å²) >= 11 is 1.43. The topological polar surface area (TPSA) is 192 Å². The van der Waals surface area contributed by atoms with Gasteiger partial charge in [0.25, 0.3) is 5.91 Å². The number of carbonyl (C=O) groups excluding carboxylic acids is 4. The van der Waals surface area contributed by atoms with E-state index in [2.05, 4.69) is 26.6 Å². The summed E-state index contributed by atoms with van der Waals surface area (Å²) in [5.74, 6) is -0.520. The molecule has 0 bridgehead atoms. The smallest absolute Gasteiger partial charge is 0.355 e. The van der Waals surface area contributed by atoms with Crippen molar-refractivity contribution in [2.24, 2.45) is 13.0 Å². The molecule has 2 saturated heterocycles. The minimum Gasteiger partial charge on any atom is -0.490 e. The number of anilines is 3. The zero-order chi connectivity index (χ0) is 50.3. The van der Waals surface area contributed by atoms with Crippen LogP contribution in [0.3, 0.4) is 0 Å². The van der Waals surface area contributed by atoms with Crippen molar-refractivity contribution in [3.05, 3.63) is 125 Å². The maximum atomic E-state index is 13.7. The number of ether oxygens (including phenoxy) is 1. The van der Waals surface area contributed by atoms with Gasteiger partial charge in [0.2, 0.25) is 17.7 Å². The van der Waals surface area contributed by atoms with Crippen molar-refractivity contribution < 1.29 is 33.8 Å². The average molecular weight is 1000 g/mol. The zero-order valence-electron chi connectivity index (χ0n) is 40.9. The molecule has 3 N–H and O–H groups in total. The molecule has 6 heterocycles. The predicted octanol–water partition coefficient (Wildman–Crippen LogP) is 8.65. The number of hydrogen-bond donors (Lipinski definition) is 3. The van der Waals surface area contributed by atoms with Gasteiger partial charge in [0, 0.05) is 75.7 Å². The SMILES string of the molecule is Cc1c(OC2CCC(CCC(=O)N3CCN(c4cccc5c(C6CCC(=O)NC6=O)nn(C)c45)CC3)CC2)cccc1-c1ccc(N2CCc3cccc(C(=O)Nc4nc5ccccc5s4)c3C2)nc1C(=O)O. The van der Waals surface area contributed by atoms with Gasteiger partial charge in [-0.1, -0.05) is 59.9 Å². The van der Waals surface area contributed by atoms with Crippen LogP contribution >= 0.6 is 11.3 Å². The van der Waals surface area contributed by atoms with Crippen LogP contribution in [0.4, 0.5) is 16.6 Å². The molecule has 1 atom stereocenters. The van der Waals surface area contributed by atoms with Gasteiger partial charge in [0.1, 0.15) is 11.6 Å². The fourth-order valence-electron chi connectivity index (χ4n) is 11.3. The number of pyridine rings is 1. The maximum absolute atomic E-state index is 13.7. The lowest BCUT2D eigenvalue weighted by Gasteiger charge is -2.37. The first-order valence-electron chi connectivity index (χ1n) is 25.3. The van der Waals surface area contributed by atoms with E-state index >= 15 is 0 Å². The quantitative estimate of drug-likeness (QED) is 0.0989. The highest BCUT2D eigenvalue weighted by atomic mass is 32.1. The molecular formula is C56H57N9O7S. The molecule has 374 valence electrons. The Labute approximate surface area is 426 Å². The number of aromatic nitrogens is 4. The fourth-order valence-corrected chi connectivity index (χ4v) is 12.2. The van der Waals surface area contributed by atoms with Crippen LogP contribution in [0.1, 0.15) is 101 Å². The van der Waals surface area contributed by atoms with Gasteiger partial charge in [0.05, 0.1) is 39.1 Å². The summed E-state index contributed by atoms with van der Waals surface area (Å²) in [6.07, 6.45) is 6.43. The number of piperazine rings is 1. The van der Waals surface area contributed by atoms with Crippen LogP contribution in [0.25, 0.3) is 32.2 Å². The summed E-state index contributed by atoms with van der Waals surface area (Å²) in [6, 6.07) is 29.0. The van der Waals surface area contributed by atoms with Crippen molar-refractivity contribution in [2.75, 3.05) is 47.8 Å². The van der Waals surface area contributed by atoms with E-state index < -0.39 is 11.9 Å². The number of rotatable bonds is 12. The summed E-state index contributed by atoms with van der Waals surface area (Å²) in [5, 5.41) is 22.2. The van der Waals surface area contributed by atoms with Crippen molar-refractivity contribution in [3.63, 3.8) is 0 Å². The maximum Gasteiger partial charge on any atom is 0.355 e. The van der Waals surface area contributed by atoms with Crippen LogP contribution < -0.4 is 25.2 Å². The number of carboxylic acid groups (broad SMARTS) is 1. The van der Waals surface area contributed by atoms with Crippen LogP contribution in [0.15, 0.2) is 91.0 Å². The van der Waals surface area contributed by atoms with Gasteiger partial charge in [-0.2, -0.15) is 5.10 Å². The summed E-state index contributed by atoms with van der Waals surface area (Å²) in [4.78, 5) is 80.3. The van der Waals surface area contributed by atoms with E-state index in [0.29, 0.717) is 104 Å². The van der Waals surface area contributed by atoms with Crippen molar-refractivity contribution in [2.45, 2.75) is 83.3 Å². The number of nitrogens with zero attached hydrogens (tertiary/aromatic N) is 7. The fraction of sp³-hybridized carbons (Fsp3) is 0.357. The van der Waals surface area contributed by atoms with Crippen molar-refractivity contribution in [1.82, 2.24) is 30.0 Å². The molecule has 4 aromatic carbocycles.